The molecule has 0 saturated carbocycles. The number of hydrogen-bond acceptors (Lipinski definition) is 5. The van der Waals surface area contributed by atoms with E-state index in [4.69, 9.17) is 4.74 Å². The Balaban J connectivity index is 1.86. The van der Waals surface area contributed by atoms with Crippen molar-refractivity contribution in [1.29, 1.82) is 0 Å². The van der Waals surface area contributed by atoms with Gasteiger partial charge in [-0.25, -0.2) is 9.50 Å². The third-order valence-electron chi connectivity index (χ3n) is 2.75. The van der Waals surface area contributed by atoms with E-state index in [2.05, 4.69) is 15.4 Å². The minimum Gasteiger partial charge on any atom is -0.477 e. The molecule has 2 aromatic heterocycles. The lowest BCUT2D eigenvalue weighted by Gasteiger charge is -2.21. The maximum absolute atomic E-state index is 11.6. The van der Waals surface area contributed by atoms with Gasteiger partial charge in [-0.1, -0.05) is 0 Å². The van der Waals surface area contributed by atoms with Gasteiger partial charge in [0, 0.05) is 12.8 Å². The number of rotatable bonds is 2. The topological polar surface area (TPSA) is 85.6 Å². The van der Waals surface area contributed by atoms with Crippen LogP contribution >= 0.6 is 0 Å². The van der Waals surface area contributed by atoms with Crippen molar-refractivity contribution in [3.63, 3.8) is 0 Å². The lowest BCUT2D eigenvalue weighted by atomic mass is 10.1. The Labute approximate surface area is 102 Å². The van der Waals surface area contributed by atoms with Gasteiger partial charge in [-0.05, 0) is 6.07 Å². The van der Waals surface area contributed by atoms with Crippen molar-refractivity contribution in [1.82, 2.24) is 19.9 Å². The number of carbonyl (C=O) groups is 2. The van der Waals surface area contributed by atoms with Crippen molar-refractivity contribution >= 4 is 17.3 Å². The van der Waals surface area contributed by atoms with E-state index in [1.807, 2.05) is 0 Å². The van der Waals surface area contributed by atoms with Gasteiger partial charge in [-0.3, -0.25) is 14.9 Å². The maximum Gasteiger partial charge on any atom is 0.267 e. The zero-order valence-corrected chi connectivity index (χ0v) is 9.37. The average molecular weight is 246 g/mol. The summed E-state index contributed by atoms with van der Waals surface area (Å²) in [5.74, 6) is -0.196. The zero-order chi connectivity index (χ0) is 12.5. The van der Waals surface area contributed by atoms with Crippen molar-refractivity contribution in [2.45, 2.75) is 18.9 Å². The van der Waals surface area contributed by atoms with Gasteiger partial charge in [0.25, 0.3) is 5.91 Å². The Morgan fingerprint density at radius 1 is 1.44 bits per heavy atom. The molecule has 1 aliphatic rings. The average Bonchev–Trinajstić information content (AvgIpc) is 2.82. The van der Waals surface area contributed by atoms with Gasteiger partial charge in [0.15, 0.2) is 11.9 Å². The maximum atomic E-state index is 11.6. The highest BCUT2D eigenvalue weighted by atomic mass is 16.5. The molecule has 1 saturated heterocycles. The van der Waals surface area contributed by atoms with E-state index in [1.54, 1.807) is 23.1 Å². The molecule has 0 aromatic carbocycles. The van der Waals surface area contributed by atoms with Gasteiger partial charge < -0.3 is 4.74 Å². The van der Waals surface area contributed by atoms with E-state index in [9.17, 15) is 9.59 Å². The molecule has 18 heavy (non-hydrogen) atoms. The van der Waals surface area contributed by atoms with Gasteiger partial charge in [0.05, 0.1) is 12.4 Å². The lowest BCUT2D eigenvalue weighted by Crippen LogP contribution is -2.46. The number of imide groups is 1. The van der Waals surface area contributed by atoms with Crippen LogP contribution in [0.2, 0.25) is 0 Å². The molecule has 0 bridgehead atoms. The van der Waals surface area contributed by atoms with Crippen molar-refractivity contribution in [3.05, 3.63) is 24.8 Å². The van der Waals surface area contributed by atoms with E-state index >= 15 is 0 Å². The van der Waals surface area contributed by atoms with Crippen LogP contribution in [-0.2, 0) is 9.59 Å². The number of ether oxygens (including phenoxy) is 1. The number of piperidine rings is 1. The van der Waals surface area contributed by atoms with Gasteiger partial charge in [-0.15, -0.1) is 0 Å². The molecule has 1 unspecified atom stereocenters. The van der Waals surface area contributed by atoms with Crippen LogP contribution in [0.15, 0.2) is 24.8 Å². The summed E-state index contributed by atoms with van der Waals surface area (Å²) in [5, 5.41) is 6.27. The normalized spacial score (nSPS) is 19.9. The predicted octanol–water partition coefficient (Wildman–Crippen LogP) is -0.0867. The third kappa shape index (κ3) is 1.79. The largest absolute Gasteiger partial charge is 0.477 e. The molecule has 0 aliphatic carbocycles. The zero-order valence-electron chi connectivity index (χ0n) is 9.37. The van der Waals surface area contributed by atoms with Gasteiger partial charge in [0.1, 0.15) is 11.8 Å². The smallest absolute Gasteiger partial charge is 0.267 e. The van der Waals surface area contributed by atoms with Crippen LogP contribution < -0.4 is 10.1 Å². The van der Waals surface area contributed by atoms with Gasteiger partial charge in [0.2, 0.25) is 5.91 Å². The first-order valence-electron chi connectivity index (χ1n) is 5.52. The fourth-order valence-electron chi connectivity index (χ4n) is 1.86. The Hall–Kier alpha value is -2.44. The van der Waals surface area contributed by atoms with Crippen LogP contribution in [0.1, 0.15) is 12.8 Å². The highest BCUT2D eigenvalue weighted by molar-refractivity contribution is 6.00. The summed E-state index contributed by atoms with van der Waals surface area (Å²) in [7, 11) is 0. The van der Waals surface area contributed by atoms with Crippen LogP contribution in [0.5, 0.6) is 5.75 Å². The van der Waals surface area contributed by atoms with Gasteiger partial charge >= 0.3 is 0 Å². The summed E-state index contributed by atoms with van der Waals surface area (Å²) in [6.07, 6.45) is 4.69. The molecular weight excluding hydrogens is 236 g/mol. The standard InChI is InChI=1S/C11H10N4O3/c16-10-2-1-8(11(17)14-10)18-9-5-12-6-15-7(9)3-4-13-15/h3-6,8H,1-2H2,(H,14,16,17). The number of aromatic nitrogens is 3. The first-order valence-corrected chi connectivity index (χ1v) is 5.52. The number of nitrogens with one attached hydrogen (secondary N) is 1. The molecule has 1 aliphatic heterocycles. The second-order valence-electron chi connectivity index (χ2n) is 3.98. The first kappa shape index (κ1) is 10.7. The molecule has 92 valence electrons. The minimum absolute atomic E-state index is 0.263. The first-order chi connectivity index (χ1) is 8.74. The highest BCUT2D eigenvalue weighted by Crippen LogP contribution is 2.21. The van der Waals surface area contributed by atoms with Crippen LogP contribution in [0.4, 0.5) is 0 Å². The molecule has 7 heteroatoms. The summed E-state index contributed by atoms with van der Waals surface area (Å²) < 4.78 is 7.16. The number of amides is 2. The summed E-state index contributed by atoms with van der Waals surface area (Å²) in [6.45, 7) is 0. The van der Waals surface area contributed by atoms with Crippen LogP contribution in [0.25, 0.3) is 5.52 Å². The van der Waals surface area contributed by atoms with E-state index in [1.165, 1.54) is 6.20 Å². The Bertz CT molecular complexity index is 622. The Kier molecular flexibility index (Phi) is 2.44. The molecule has 0 spiro atoms. The number of carbonyl (C=O) groups excluding carboxylic acids is 2. The number of nitrogens with zero attached hydrogens (tertiary/aromatic N) is 3. The molecular formula is C11H10N4O3. The molecule has 0 radical (unpaired) electrons. The molecule has 7 nitrogen and oxygen atoms in total. The van der Waals surface area contributed by atoms with Crippen LogP contribution in [-0.4, -0.2) is 32.5 Å². The van der Waals surface area contributed by atoms with E-state index < -0.39 is 12.0 Å². The lowest BCUT2D eigenvalue weighted by molar-refractivity contribution is -0.138. The van der Waals surface area contributed by atoms with Crippen molar-refractivity contribution in [2.24, 2.45) is 0 Å². The van der Waals surface area contributed by atoms with Crippen molar-refractivity contribution in [2.75, 3.05) is 0 Å². The molecule has 2 aromatic rings. The van der Waals surface area contributed by atoms with Gasteiger partial charge in [-0.2, -0.15) is 5.10 Å². The third-order valence-corrected chi connectivity index (χ3v) is 2.75. The fraction of sp³-hybridized carbons (Fsp3) is 0.273. The van der Waals surface area contributed by atoms with Crippen LogP contribution in [0, 0.1) is 0 Å². The summed E-state index contributed by atoms with van der Waals surface area (Å²) in [6, 6.07) is 1.77. The minimum atomic E-state index is -0.661. The number of hydrogen-bond donors (Lipinski definition) is 1. The quantitative estimate of drug-likeness (QED) is 0.749. The Morgan fingerprint density at radius 3 is 3.17 bits per heavy atom. The molecule has 1 atom stereocenters. The second kappa shape index (κ2) is 4.10. The summed E-state index contributed by atoms with van der Waals surface area (Å²) in [4.78, 5) is 26.6. The van der Waals surface area contributed by atoms with E-state index in [-0.39, 0.29) is 12.3 Å². The second-order valence-corrected chi connectivity index (χ2v) is 3.98. The fourth-order valence-corrected chi connectivity index (χ4v) is 1.86. The predicted molar refractivity (Wildman–Crippen MR) is 59.8 cm³/mol. The summed E-state index contributed by atoms with van der Waals surface area (Å²) >= 11 is 0. The molecule has 1 fully saturated rings. The molecule has 2 amide bonds. The molecule has 3 heterocycles. The van der Waals surface area contributed by atoms with Crippen molar-refractivity contribution in [3.8, 4) is 5.75 Å². The van der Waals surface area contributed by atoms with E-state index in [0.717, 1.165) is 5.52 Å². The molecule has 1 N–H and O–H groups in total. The molecule has 3 rings (SSSR count). The monoisotopic (exact) mass is 246 g/mol. The SMILES string of the molecule is O=C1CCC(Oc2cncn3nccc23)C(=O)N1. The van der Waals surface area contributed by atoms with E-state index in [0.29, 0.717) is 12.2 Å². The Morgan fingerprint density at radius 2 is 2.33 bits per heavy atom. The van der Waals surface area contributed by atoms with Crippen molar-refractivity contribution < 1.29 is 14.3 Å². The number of fused-ring (bicyclic) bond motifs is 1. The summed E-state index contributed by atoms with van der Waals surface area (Å²) in [5.41, 5.74) is 0.731. The highest BCUT2D eigenvalue weighted by Gasteiger charge is 2.28. The van der Waals surface area contributed by atoms with Crippen LogP contribution in [0.3, 0.4) is 0 Å².